The zero-order valence-corrected chi connectivity index (χ0v) is 10.9. The van der Waals surface area contributed by atoms with Crippen LogP contribution in [-0.2, 0) is 4.74 Å². The van der Waals surface area contributed by atoms with Crippen LogP contribution in [0.1, 0.15) is 25.2 Å². The first-order valence-electron chi connectivity index (χ1n) is 5.98. The second-order valence-electron chi connectivity index (χ2n) is 4.77. The van der Waals surface area contributed by atoms with E-state index in [0.717, 1.165) is 30.3 Å². The van der Waals surface area contributed by atoms with Crippen molar-refractivity contribution in [3.63, 3.8) is 0 Å². The fourth-order valence-electron chi connectivity index (χ4n) is 2.29. The normalized spacial score (nSPS) is 25.1. The Balaban J connectivity index is 2.33. The van der Waals surface area contributed by atoms with Crippen LogP contribution < -0.4 is 10.6 Å². The van der Waals surface area contributed by atoms with Crippen LogP contribution in [0.4, 0.5) is 11.6 Å². The van der Waals surface area contributed by atoms with Crippen LogP contribution in [0.2, 0.25) is 0 Å². The average molecular weight is 236 g/mol. The molecule has 0 saturated carbocycles. The number of aryl methyl sites for hydroxylation is 1. The molecule has 1 saturated heterocycles. The van der Waals surface area contributed by atoms with Crippen molar-refractivity contribution in [2.75, 3.05) is 23.7 Å². The Hall–Kier alpha value is -1.36. The number of nitrogen functional groups attached to an aromatic ring is 1. The maximum absolute atomic E-state index is 5.89. The molecule has 2 heterocycles. The molecule has 1 aromatic rings. The van der Waals surface area contributed by atoms with Gasteiger partial charge >= 0.3 is 0 Å². The first kappa shape index (κ1) is 12.1. The minimum Gasteiger partial charge on any atom is -0.383 e. The van der Waals surface area contributed by atoms with Crippen molar-refractivity contribution in [2.24, 2.45) is 0 Å². The smallest absolute Gasteiger partial charge is 0.137 e. The molecular weight excluding hydrogens is 216 g/mol. The van der Waals surface area contributed by atoms with Gasteiger partial charge in [-0.2, -0.15) is 0 Å². The molecule has 1 aliphatic heterocycles. The molecule has 2 unspecified atom stereocenters. The predicted octanol–water partition coefficient (Wildman–Crippen LogP) is 1.29. The van der Waals surface area contributed by atoms with E-state index in [1.165, 1.54) is 0 Å². The summed E-state index contributed by atoms with van der Waals surface area (Å²) in [5, 5.41) is 0. The molecular formula is C12H20N4O. The zero-order valence-electron chi connectivity index (χ0n) is 10.9. The van der Waals surface area contributed by atoms with Crippen LogP contribution in [0.5, 0.6) is 0 Å². The molecule has 1 fully saturated rings. The lowest BCUT2D eigenvalue weighted by molar-refractivity contribution is -0.00550. The van der Waals surface area contributed by atoms with Gasteiger partial charge in [-0.25, -0.2) is 9.97 Å². The van der Waals surface area contributed by atoms with Crippen molar-refractivity contribution in [2.45, 2.75) is 39.9 Å². The van der Waals surface area contributed by atoms with Gasteiger partial charge in [-0.1, -0.05) is 0 Å². The van der Waals surface area contributed by atoms with E-state index >= 15 is 0 Å². The molecule has 0 aromatic carbocycles. The van der Waals surface area contributed by atoms with Gasteiger partial charge < -0.3 is 15.4 Å². The van der Waals surface area contributed by atoms with Crippen LogP contribution >= 0.6 is 0 Å². The third-order valence-corrected chi connectivity index (χ3v) is 2.99. The molecule has 1 aliphatic rings. The largest absolute Gasteiger partial charge is 0.383 e. The highest BCUT2D eigenvalue weighted by atomic mass is 16.5. The first-order valence-corrected chi connectivity index (χ1v) is 5.98. The summed E-state index contributed by atoms with van der Waals surface area (Å²) in [5.41, 5.74) is 6.84. The number of nitrogens with two attached hydrogens (primary N) is 1. The number of morpholine rings is 1. The fourth-order valence-corrected chi connectivity index (χ4v) is 2.29. The molecule has 0 bridgehead atoms. The van der Waals surface area contributed by atoms with E-state index in [9.17, 15) is 0 Å². The van der Waals surface area contributed by atoms with Crippen LogP contribution in [-0.4, -0.2) is 35.3 Å². The van der Waals surface area contributed by atoms with Gasteiger partial charge in [-0.15, -0.1) is 0 Å². The molecule has 1 aromatic heterocycles. The van der Waals surface area contributed by atoms with E-state index in [1.807, 2.05) is 13.8 Å². The fraction of sp³-hybridized carbons (Fsp3) is 0.667. The number of hydrogen-bond acceptors (Lipinski definition) is 5. The Morgan fingerprint density at radius 1 is 1.18 bits per heavy atom. The maximum atomic E-state index is 5.89. The van der Waals surface area contributed by atoms with E-state index < -0.39 is 0 Å². The third kappa shape index (κ3) is 2.49. The van der Waals surface area contributed by atoms with Gasteiger partial charge in [0.25, 0.3) is 0 Å². The second kappa shape index (κ2) is 4.49. The van der Waals surface area contributed by atoms with Gasteiger partial charge in [-0.3, -0.25) is 0 Å². The van der Waals surface area contributed by atoms with Crippen LogP contribution in [0.3, 0.4) is 0 Å². The Bertz CT molecular complexity index is 411. The van der Waals surface area contributed by atoms with Crippen molar-refractivity contribution >= 4 is 11.6 Å². The number of ether oxygens (including phenoxy) is 1. The Kier molecular flexibility index (Phi) is 3.19. The predicted molar refractivity (Wildman–Crippen MR) is 68.1 cm³/mol. The number of aromatic nitrogens is 2. The molecule has 17 heavy (non-hydrogen) atoms. The summed E-state index contributed by atoms with van der Waals surface area (Å²) in [6.07, 6.45) is 0.435. The van der Waals surface area contributed by atoms with E-state index in [4.69, 9.17) is 10.5 Å². The lowest BCUT2D eigenvalue weighted by Crippen LogP contribution is -2.46. The Morgan fingerprint density at radius 3 is 2.35 bits per heavy atom. The highest BCUT2D eigenvalue weighted by Crippen LogP contribution is 2.24. The van der Waals surface area contributed by atoms with E-state index in [-0.39, 0.29) is 12.2 Å². The highest BCUT2D eigenvalue weighted by Gasteiger charge is 2.25. The molecule has 2 N–H and O–H groups in total. The SMILES string of the molecule is Cc1nc(N)c(C)c(N2CC(C)OC(C)C2)n1. The molecule has 5 nitrogen and oxygen atoms in total. The van der Waals surface area contributed by atoms with Crippen molar-refractivity contribution < 1.29 is 4.74 Å². The quantitative estimate of drug-likeness (QED) is 0.796. The van der Waals surface area contributed by atoms with Crippen molar-refractivity contribution in [3.8, 4) is 0 Å². The summed E-state index contributed by atoms with van der Waals surface area (Å²) < 4.78 is 5.72. The minimum atomic E-state index is 0.217. The molecule has 0 spiro atoms. The summed E-state index contributed by atoms with van der Waals surface area (Å²) >= 11 is 0. The van der Waals surface area contributed by atoms with Crippen molar-refractivity contribution in [1.82, 2.24) is 9.97 Å². The van der Waals surface area contributed by atoms with E-state index in [2.05, 4.69) is 28.7 Å². The summed E-state index contributed by atoms with van der Waals surface area (Å²) in [6, 6.07) is 0. The van der Waals surface area contributed by atoms with Gasteiger partial charge in [-0.05, 0) is 27.7 Å². The lowest BCUT2D eigenvalue weighted by atomic mass is 10.2. The summed E-state index contributed by atoms with van der Waals surface area (Å²) in [6.45, 7) is 9.69. The minimum absolute atomic E-state index is 0.217. The van der Waals surface area contributed by atoms with Crippen LogP contribution in [0, 0.1) is 13.8 Å². The number of anilines is 2. The molecule has 0 amide bonds. The van der Waals surface area contributed by atoms with Gasteiger partial charge in [0.1, 0.15) is 17.5 Å². The standard InChI is InChI=1S/C12H20N4O/c1-7-5-16(6-8(2)17-7)12-9(3)11(13)14-10(4)15-12/h7-8H,5-6H2,1-4H3,(H2,13,14,15). The third-order valence-electron chi connectivity index (χ3n) is 2.99. The number of nitrogens with zero attached hydrogens (tertiary/aromatic N) is 3. The summed E-state index contributed by atoms with van der Waals surface area (Å²) in [4.78, 5) is 10.9. The molecule has 94 valence electrons. The Morgan fingerprint density at radius 2 is 1.76 bits per heavy atom. The topological polar surface area (TPSA) is 64.3 Å². The lowest BCUT2D eigenvalue weighted by Gasteiger charge is -2.36. The first-order chi connectivity index (χ1) is 7.97. The second-order valence-corrected chi connectivity index (χ2v) is 4.77. The van der Waals surface area contributed by atoms with Gasteiger partial charge in [0.2, 0.25) is 0 Å². The van der Waals surface area contributed by atoms with E-state index in [1.54, 1.807) is 0 Å². The molecule has 2 rings (SSSR count). The summed E-state index contributed by atoms with van der Waals surface area (Å²) in [5.74, 6) is 2.23. The van der Waals surface area contributed by atoms with Crippen LogP contribution in [0.25, 0.3) is 0 Å². The van der Waals surface area contributed by atoms with Crippen molar-refractivity contribution in [1.29, 1.82) is 0 Å². The number of rotatable bonds is 1. The maximum Gasteiger partial charge on any atom is 0.137 e. The van der Waals surface area contributed by atoms with Crippen LogP contribution in [0.15, 0.2) is 0 Å². The molecule has 2 atom stereocenters. The van der Waals surface area contributed by atoms with Gasteiger partial charge in [0.05, 0.1) is 12.2 Å². The zero-order chi connectivity index (χ0) is 12.6. The molecule has 0 aliphatic carbocycles. The van der Waals surface area contributed by atoms with Crippen molar-refractivity contribution in [3.05, 3.63) is 11.4 Å². The van der Waals surface area contributed by atoms with E-state index in [0.29, 0.717) is 5.82 Å². The Labute approximate surface area is 102 Å². The molecule has 0 radical (unpaired) electrons. The highest BCUT2D eigenvalue weighted by molar-refractivity contribution is 5.56. The van der Waals surface area contributed by atoms with Gasteiger partial charge in [0, 0.05) is 18.7 Å². The number of hydrogen-bond donors (Lipinski definition) is 1. The summed E-state index contributed by atoms with van der Waals surface area (Å²) in [7, 11) is 0. The van der Waals surface area contributed by atoms with Gasteiger partial charge in [0.15, 0.2) is 0 Å². The monoisotopic (exact) mass is 236 g/mol. The molecule has 5 heteroatoms. The average Bonchev–Trinajstić information content (AvgIpc) is 2.22.